The summed E-state index contributed by atoms with van der Waals surface area (Å²) in [6, 6.07) is 9.35. The molecule has 30 heavy (non-hydrogen) atoms. The summed E-state index contributed by atoms with van der Waals surface area (Å²) in [6.07, 6.45) is -0.457. The Morgan fingerprint density at radius 1 is 1.03 bits per heavy atom. The zero-order chi connectivity index (χ0) is 21.9. The fourth-order valence-corrected chi connectivity index (χ4v) is 4.27. The second-order valence-corrected chi connectivity index (χ2v) is 9.64. The summed E-state index contributed by atoms with van der Waals surface area (Å²) in [5, 5.41) is 2.61. The summed E-state index contributed by atoms with van der Waals surface area (Å²) in [4.78, 5) is 14.7. The third kappa shape index (κ3) is 5.75. The number of carbonyl (C=O) groups is 1. The van der Waals surface area contributed by atoms with Crippen LogP contribution in [0.15, 0.2) is 42.5 Å². The van der Waals surface area contributed by atoms with E-state index in [2.05, 4.69) is 5.32 Å². The predicted octanol–water partition coefficient (Wildman–Crippen LogP) is 4.49. The molecule has 1 N–H and O–H groups in total. The van der Waals surface area contributed by atoms with Crippen molar-refractivity contribution in [1.82, 2.24) is 0 Å². The van der Waals surface area contributed by atoms with Crippen LogP contribution in [0.25, 0.3) is 0 Å². The van der Waals surface area contributed by atoms with Gasteiger partial charge in [0.05, 0.1) is 22.7 Å². The van der Waals surface area contributed by atoms with Gasteiger partial charge in [-0.15, -0.1) is 0 Å². The Morgan fingerprint density at radius 2 is 1.67 bits per heavy atom. The maximum Gasteiger partial charge on any atom is 0.416 e. The summed E-state index contributed by atoms with van der Waals surface area (Å²) in [7, 11) is -3.21. The molecule has 0 unspecified atom stereocenters. The Hall–Kier alpha value is -2.55. The number of nitrogens with zero attached hydrogens (tertiary/aromatic N) is 1. The van der Waals surface area contributed by atoms with E-state index < -0.39 is 27.5 Å². The van der Waals surface area contributed by atoms with Crippen molar-refractivity contribution in [2.24, 2.45) is 0 Å². The van der Waals surface area contributed by atoms with Crippen LogP contribution in [0.4, 0.5) is 24.5 Å². The fraction of sp³-hybridized carbons (Fsp3) is 0.381. The summed E-state index contributed by atoms with van der Waals surface area (Å²) in [6.45, 7) is 1.43. The Labute approximate surface area is 173 Å². The van der Waals surface area contributed by atoms with Crippen LogP contribution in [0.5, 0.6) is 0 Å². The van der Waals surface area contributed by atoms with Crippen LogP contribution in [0.2, 0.25) is 0 Å². The zero-order valence-corrected chi connectivity index (χ0v) is 17.3. The number of rotatable bonds is 5. The highest BCUT2D eigenvalue weighted by Crippen LogP contribution is 2.36. The van der Waals surface area contributed by atoms with Gasteiger partial charge in [-0.3, -0.25) is 4.79 Å². The molecule has 0 radical (unpaired) electrons. The largest absolute Gasteiger partial charge is 0.416 e. The van der Waals surface area contributed by atoms with Crippen LogP contribution < -0.4 is 10.2 Å². The van der Waals surface area contributed by atoms with Gasteiger partial charge in [-0.1, -0.05) is 12.1 Å². The molecule has 0 aliphatic carbocycles. The van der Waals surface area contributed by atoms with Crippen molar-refractivity contribution in [1.29, 1.82) is 0 Å². The Kier molecular flexibility index (Phi) is 6.40. The first kappa shape index (κ1) is 22.1. The highest BCUT2D eigenvalue weighted by Gasteiger charge is 2.32. The lowest BCUT2D eigenvalue weighted by Crippen LogP contribution is -2.30. The molecule has 0 atom stereocenters. The second kappa shape index (κ2) is 8.67. The molecule has 0 spiro atoms. The van der Waals surface area contributed by atoms with Crippen molar-refractivity contribution >= 4 is 27.1 Å². The number of hydrogen-bond acceptors (Lipinski definition) is 4. The quantitative estimate of drug-likeness (QED) is 0.744. The molecule has 0 saturated carbocycles. The van der Waals surface area contributed by atoms with E-state index in [0.29, 0.717) is 24.3 Å². The molecule has 0 aromatic heterocycles. The van der Waals surface area contributed by atoms with Crippen LogP contribution in [-0.2, 0) is 21.8 Å². The van der Waals surface area contributed by atoms with Crippen molar-refractivity contribution in [3.8, 4) is 0 Å². The van der Waals surface area contributed by atoms with E-state index in [1.165, 1.54) is 30.3 Å². The number of amides is 1. The van der Waals surface area contributed by atoms with Crippen LogP contribution in [-0.4, -0.2) is 33.7 Å². The van der Waals surface area contributed by atoms with Crippen molar-refractivity contribution in [2.75, 3.05) is 29.6 Å². The molecule has 1 aliphatic heterocycles. The molecule has 1 amide bonds. The molecule has 1 saturated heterocycles. The highest BCUT2D eigenvalue weighted by atomic mass is 32.2. The number of sulfone groups is 1. The number of hydrogen-bond donors (Lipinski definition) is 1. The average Bonchev–Trinajstić information content (AvgIpc) is 2.67. The molecule has 5 nitrogen and oxygen atoms in total. The van der Waals surface area contributed by atoms with E-state index in [1.807, 2.05) is 4.90 Å². The molecular formula is C21H23F3N2O3S. The molecule has 2 aromatic rings. The SMILES string of the molecule is CS(=O)(=O)Cc1ccc(C(=O)Nc2cc(C(F)(F)F)ccc2N2CCCCC2)cc1. The van der Waals surface area contributed by atoms with Crippen LogP contribution in [0, 0.1) is 0 Å². The average molecular weight is 440 g/mol. The number of nitrogens with one attached hydrogen (secondary N) is 1. The maximum atomic E-state index is 13.2. The summed E-state index contributed by atoms with van der Waals surface area (Å²) < 4.78 is 62.4. The molecule has 2 aromatic carbocycles. The Balaban J connectivity index is 1.86. The minimum Gasteiger partial charge on any atom is -0.370 e. The number of benzene rings is 2. The number of anilines is 2. The molecule has 1 fully saturated rings. The zero-order valence-electron chi connectivity index (χ0n) is 16.5. The normalized spacial score (nSPS) is 15.1. The first-order valence-corrected chi connectivity index (χ1v) is 11.6. The summed E-state index contributed by atoms with van der Waals surface area (Å²) >= 11 is 0. The van der Waals surface area contributed by atoms with E-state index >= 15 is 0 Å². The van der Waals surface area contributed by atoms with E-state index in [1.54, 1.807) is 0 Å². The van der Waals surface area contributed by atoms with Crippen LogP contribution in [0.3, 0.4) is 0 Å². The number of alkyl halides is 3. The van der Waals surface area contributed by atoms with E-state index in [9.17, 15) is 26.4 Å². The monoisotopic (exact) mass is 440 g/mol. The van der Waals surface area contributed by atoms with Crippen LogP contribution >= 0.6 is 0 Å². The second-order valence-electron chi connectivity index (χ2n) is 7.50. The van der Waals surface area contributed by atoms with Crippen molar-refractivity contribution in [3.05, 3.63) is 59.2 Å². The fourth-order valence-electron chi connectivity index (χ4n) is 3.47. The van der Waals surface area contributed by atoms with E-state index in [-0.39, 0.29) is 17.0 Å². The van der Waals surface area contributed by atoms with Gasteiger partial charge < -0.3 is 10.2 Å². The third-order valence-corrected chi connectivity index (χ3v) is 5.77. The van der Waals surface area contributed by atoms with Gasteiger partial charge in [-0.2, -0.15) is 13.2 Å². The Bertz CT molecular complexity index is 1010. The minimum atomic E-state index is -4.52. The van der Waals surface area contributed by atoms with Gasteiger partial charge >= 0.3 is 6.18 Å². The first-order valence-electron chi connectivity index (χ1n) is 9.57. The van der Waals surface area contributed by atoms with Gasteiger partial charge in [0.1, 0.15) is 0 Å². The smallest absolute Gasteiger partial charge is 0.370 e. The Morgan fingerprint density at radius 3 is 2.23 bits per heavy atom. The number of carbonyl (C=O) groups excluding carboxylic acids is 1. The predicted molar refractivity (Wildman–Crippen MR) is 110 cm³/mol. The molecule has 3 rings (SSSR count). The molecule has 1 aliphatic rings. The first-order chi connectivity index (χ1) is 14.0. The van der Waals surface area contributed by atoms with Crippen LogP contribution in [0.1, 0.15) is 40.7 Å². The van der Waals surface area contributed by atoms with Gasteiger partial charge in [-0.25, -0.2) is 8.42 Å². The molecule has 162 valence electrons. The minimum absolute atomic E-state index is 0.108. The van der Waals surface area contributed by atoms with Crippen molar-refractivity contribution in [2.45, 2.75) is 31.2 Å². The van der Waals surface area contributed by atoms with Crippen molar-refractivity contribution < 1.29 is 26.4 Å². The highest BCUT2D eigenvalue weighted by molar-refractivity contribution is 7.89. The number of piperidine rings is 1. The van der Waals surface area contributed by atoms with E-state index in [4.69, 9.17) is 0 Å². The lowest BCUT2D eigenvalue weighted by atomic mass is 10.1. The lowest BCUT2D eigenvalue weighted by molar-refractivity contribution is -0.137. The maximum absolute atomic E-state index is 13.2. The van der Waals surface area contributed by atoms with Gasteiger partial charge in [0, 0.05) is 24.9 Å². The van der Waals surface area contributed by atoms with Gasteiger partial charge in [0.2, 0.25) is 0 Å². The molecule has 9 heteroatoms. The summed E-state index contributed by atoms with van der Waals surface area (Å²) in [5.74, 6) is -0.708. The topological polar surface area (TPSA) is 66.5 Å². The molecular weight excluding hydrogens is 417 g/mol. The van der Waals surface area contributed by atoms with Crippen molar-refractivity contribution in [3.63, 3.8) is 0 Å². The molecule has 1 heterocycles. The summed E-state index contributed by atoms with van der Waals surface area (Å²) in [5.41, 5.74) is 0.597. The lowest BCUT2D eigenvalue weighted by Gasteiger charge is -2.31. The third-order valence-electron chi connectivity index (χ3n) is 4.91. The van der Waals surface area contributed by atoms with Gasteiger partial charge in [0.15, 0.2) is 9.84 Å². The standard InChI is InChI=1S/C21H23F3N2O3S/c1-30(28,29)14-15-5-7-16(8-6-15)20(27)25-18-13-17(21(22,23)24)9-10-19(18)26-11-3-2-4-12-26/h5-10,13H,2-4,11-12,14H2,1H3,(H,25,27). The molecule has 0 bridgehead atoms. The van der Waals surface area contributed by atoms with E-state index in [0.717, 1.165) is 37.7 Å². The number of halogens is 3. The van der Waals surface area contributed by atoms with Gasteiger partial charge in [-0.05, 0) is 55.2 Å². The van der Waals surface area contributed by atoms with Gasteiger partial charge in [0.25, 0.3) is 5.91 Å².